The first kappa shape index (κ1) is 19.2. The molecule has 0 heterocycles. The summed E-state index contributed by atoms with van der Waals surface area (Å²) in [6.07, 6.45) is 0.661. The normalized spacial score (nSPS) is 11.7. The molecule has 0 bridgehead atoms. The van der Waals surface area contributed by atoms with Crippen molar-refractivity contribution < 1.29 is 4.79 Å². The Bertz CT molecular complexity index is 835. The molecule has 0 unspecified atom stereocenters. The summed E-state index contributed by atoms with van der Waals surface area (Å²) in [7, 11) is 1.82. The maximum atomic E-state index is 12.6. The average molecular weight is 377 g/mol. The first-order chi connectivity index (χ1) is 13.2. The molecule has 1 atom stereocenters. The lowest BCUT2D eigenvalue weighted by atomic mass is 10.1. The van der Waals surface area contributed by atoms with E-state index in [4.69, 9.17) is 0 Å². The molecule has 0 radical (unpaired) electrons. The summed E-state index contributed by atoms with van der Waals surface area (Å²) in [5, 5.41) is 6.11. The summed E-state index contributed by atoms with van der Waals surface area (Å²) in [6.45, 7) is 0. The maximum Gasteiger partial charge on any atom is 0.241 e. The van der Waals surface area contributed by atoms with Crippen LogP contribution in [0.4, 0.5) is 5.69 Å². The Morgan fingerprint density at radius 3 is 2.04 bits per heavy atom. The molecule has 0 spiro atoms. The third-order valence-electron chi connectivity index (χ3n) is 4.32. The molecule has 0 fully saturated rings. The number of rotatable bonds is 8. The fourth-order valence-corrected chi connectivity index (χ4v) is 3.63. The summed E-state index contributed by atoms with van der Waals surface area (Å²) < 4.78 is 0. The van der Waals surface area contributed by atoms with E-state index in [0.717, 1.165) is 17.0 Å². The Kier molecular flexibility index (Phi) is 7.08. The van der Waals surface area contributed by atoms with Crippen molar-refractivity contribution in [3.8, 4) is 0 Å². The van der Waals surface area contributed by atoms with Crippen LogP contribution < -0.4 is 10.6 Å². The van der Waals surface area contributed by atoms with Crippen LogP contribution in [-0.4, -0.2) is 19.0 Å². The van der Waals surface area contributed by atoms with Crippen LogP contribution in [0, 0.1) is 0 Å². The minimum atomic E-state index is -0.264. The van der Waals surface area contributed by atoms with E-state index in [0.29, 0.717) is 6.42 Å². The SMILES string of the molecule is CN[C@@H](Cc1ccccc1)C(=O)Nc1ccc(SCc2ccccc2)cc1. The number of carbonyl (C=O) groups is 1. The Labute approximate surface area is 165 Å². The molecule has 1 amide bonds. The second-order valence-corrected chi connectivity index (χ2v) is 7.37. The average Bonchev–Trinajstić information content (AvgIpc) is 2.73. The smallest absolute Gasteiger partial charge is 0.241 e. The highest BCUT2D eigenvalue weighted by Crippen LogP contribution is 2.24. The summed E-state index contributed by atoms with van der Waals surface area (Å²) in [6, 6.07) is 28.2. The topological polar surface area (TPSA) is 41.1 Å². The first-order valence-corrected chi connectivity index (χ1v) is 10.0. The molecule has 3 nitrogen and oxygen atoms in total. The molecule has 3 aromatic rings. The standard InChI is InChI=1S/C23H24N2OS/c1-24-22(16-18-8-4-2-5-9-18)23(26)25-20-12-14-21(15-13-20)27-17-19-10-6-3-7-11-19/h2-15,22,24H,16-17H2,1H3,(H,25,26)/t22-/m0/s1. The van der Waals surface area contributed by atoms with Crippen LogP contribution in [0.2, 0.25) is 0 Å². The zero-order chi connectivity index (χ0) is 18.9. The minimum Gasteiger partial charge on any atom is -0.325 e. The van der Waals surface area contributed by atoms with Crippen molar-refractivity contribution in [2.45, 2.75) is 23.1 Å². The van der Waals surface area contributed by atoms with Crippen LogP contribution in [0.3, 0.4) is 0 Å². The van der Waals surface area contributed by atoms with Gasteiger partial charge in [0.1, 0.15) is 0 Å². The van der Waals surface area contributed by atoms with Gasteiger partial charge in [-0.25, -0.2) is 0 Å². The van der Waals surface area contributed by atoms with Crippen molar-refractivity contribution in [1.29, 1.82) is 0 Å². The van der Waals surface area contributed by atoms with E-state index in [9.17, 15) is 4.79 Å². The van der Waals surface area contributed by atoms with Crippen molar-refractivity contribution in [3.05, 3.63) is 96.1 Å². The van der Waals surface area contributed by atoms with Crippen LogP contribution in [-0.2, 0) is 17.0 Å². The second-order valence-electron chi connectivity index (χ2n) is 6.32. The maximum absolute atomic E-state index is 12.6. The highest BCUT2D eigenvalue weighted by atomic mass is 32.2. The fraction of sp³-hybridized carbons (Fsp3) is 0.174. The molecule has 2 N–H and O–H groups in total. The van der Waals surface area contributed by atoms with Gasteiger partial charge in [0.2, 0.25) is 5.91 Å². The van der Waals surface area contributed by atoms with Crippen LogP contribution in [0.1, 0.15) is 11.1 Å². The van der Waals surface area contributed by atoms with Gasteiger partial charge in [0.25, 0.3) is 0 Å². The molecule has 3 aromatic carbocycles. The van der Waals surface area contributed by atoms with E-state index in [2.05, 4.69) is 47.0 Å². The predicted octanol–water partition coefficient (Wildman–Crippen LogP) is 4.75. The molecule has 0 aliphatic heterocycles. The predicted molar refractivity (Wildman–Crippen MR) is 114 cm³/mol. The second kappa shape index (κ2) is 9.95. The Morgan fingerprint density at radius 1 is 0.852 bits per heavy atom. The number of hydrogen-bond acceptors (Lipinski definition) is 3. The number of amides is 1. The van der Waals surface area contributed by atoms with Crippen molar-refractivity contribution in [2.24, 2.45) is 0 Å². The molecule has 138 valence electrons. The van der Waals surface area contributed by atoms with E-state index in [1.807, 2.05) is 55.6 Å². The van der Waals surface area contributed by atoms with E-state index < -0.39 is 0 Å². The van der Waals surface area contributed by atoms with Gasteiger partial charge in [-0.3, -0.25) is 4.79 Å². The van der Waals surface area contributed by atoms with E-state index in [-0.39, 0.29) is 11.9 Å². The van der Waals surface area contributed by atoms with Gasteiger partial charge in [0.15, 0.2) is 0 Å². The molecule has 0 aliphatic carbocycles. The van der Waals surface area contributed by atoms with Gasteiger partial charge in [0.05, 0.1) is 6.04 Å². The third kappa shape index (κ3) is 5.98. The molecule has 0 aromatic heterocycles. The van der Waals surface area contributed by atoms with Crippen LogP contribution in [0.5, 0.6) is 0 Å². The lowest BCUT2D eigenvalue weighted by molar-refractivity contribution is -0.118. The summed E-state index contributed by atoms with van der Waals surface area (Å²) in [5.74, 6) is 0.914. The molecule has 0 saturated heterocycles. The molecule has 4 heteroatoms. The monoisotopic (exact) mass is 376 g/mol. The van der Waals surface area contributed by atoms with Gasteiger partial charge in [-0.15, -0.1) is 11.8 Å². The Morgan fingerprint density at radius 2 is 1.44 bits per heavy atom. The molecule has 3 rings (SSSR count). The number of thioether (sulfide) groups is 1. The highest BCUT2D eigenvalue weighted by Gasteiger charge is 2.16. The van der Waals surface area contributed by atoms with E-state index >= 15 is 0 Å². The largest absolute Gasteiger partial charge is 0.325 e. The number of carbonyl (C=O) groups excluding carboxylic acids is 1. The van der Waals surface area contributed by atoms with Gasteiger partial charge in [-0.2, -0.15) is 0 Å². The number of benzene rings is 3. The number of hydrogen-bond donors (Lipinski definition) is 2. The third-order valence-corrected chi connectivity index (χ3v) is 5.40. The van der Waals surface area contributed by atoms with Crippen LogP contribution >= 0.6 is 11.8 Å². The minimum absolute atomic E-state index is 0.0222. The summed E-state index contributed by atoms with van der Waals surface area (Å²) in [4.78, 5) is 13.8. The zero-order valence-corrected chi connectivity index (χ0v) is 16.2. The van der Waals surface area contributed by atoms with E-state index in [1.165, 1.54) is 10.5 Å². The zero-order valence-electron chi connectivity index (χ0n) is 15.4. The lowest BCUT2D eigenvalue weighted by Crippen LogP contribution is -2.40. The van der Waals surface area contributed by atoms with Gasteiger partial charge < -0.3 is 10.6 Å². The van der Waals surface area contributed by atoms with Crippen molar-refractivity contribution in [2.75, 3.05) is 12.4 Å². The molecule has 27 heavy (non-hydrogen) atoms. The summed E-state index contributed by atoms with van der Waals surface area (Å²) in [5.41, 5.74) is 3.26. The number of anilines is 1. The van der Waals surface area contributed by atoms with Gasteiger partial charge in [-0.05, 0) is 48.9 Å². The lowest BCUT2D eigenvalue weighted by Gasteiger charge is -2.16. The van der Waals surface area contributed by atoms with Gasteiger partial charge in [0, 0.05) is 16.3 Å². The molecule has 0 aliphatic rings. The van der Waals surface area contributed by atoms with E-state index in [1.54, 1.807) is 11.8 Å². The van der Waals surface area contributed by atoms with Crippen LogP contribution in [0.25, 0.3) is 0 Å². The molecular weight excluding hydrogens is 352 g/mol. The van der Waals surface area contributed by atoms with Crippen molar-refractivity contribution in [3.63, 3.8) is 0 Å². The first-order valence-electron chi connectivity index (χ1n) is 9.03. The van der Waals surface area contributed by atoms with Gasteiger partial charge in [-0.1, -0.05) is 60.7 Å². The number of nitrogens with one attached hydrogen (secondary N) is 2. The van der Waals surface area contributed by atoms with Gasteiger partial charge >= 0.3 is 0 Å². The van der Waals surface area contributed by atoms with Crippen molar-refractivity contribution >= 4 is 23.4 Å². The molecule has 0 saturated carbocycles. The molecular formula is C23H24N2OS. The van der Waals surface area contributed by atoms with Crippen LogP contribution in [0.15, 0.2) is 89.8 Å². The fourth-order valence-electron chi connectivity index (χ4n) is 2.78. The number of likely N-dealkylation sites (N-methyl/N-ethyl adjacent to an activating group) is 1. The highest BCUT2D eigenvalue weighted by molar-refractivity contribution is 7.98. The Balaban J connectivity index is 1.54. The quantitative estimate of drug-likeness (QED) is 0.558. The Hall–Kier alpha value is -2.56. The summed E-state index contributed by atoms with van der Waals surface area (Å²) >= 11 is 1.79. The van der Waals surface area contributed by atoms with Crippen molar-refractivity contribution in [1.82, 2.24) is 5.32 Å².